The van der Waals surface area contributed by atoms with Crippen LogP contribution in [0.1, 0.15) is 48.2 Å². The molecule has 0 spiro atoms. The number of hydrogen-bond donors (Lipinski definition) is 1. The number of benzene rings is 2. The van der Waals surface area contributed by atoms with Crippen LogP contribution in [-0.4, -0.2) is 31.1 Å². The van der Waals surface area contributed by atoms with Gasteiger partial charge in [-0.1, -0.05) is 44.2 Å². The van der Waals surface area contributed by atoms with Crippen LogP contribution >= 0.6 is 0 Å². The molecule has 0 radical (unpaired) electrons. The fourth-order valence-electron chi connectivity index (χ4n) is 3.51. The van der Waals surface area contributed by atoms with Gasteiger partial charge in [0, 0.05) is 24.7 Å². The third-order valence-corrected chi connectivity index (χ3v) is 5.75. The van der Waals surface area contributed by atoms with Gasteiger partial charge >= 0.3 is 0 Å². The van der Waals surface area contributed by atoms with Crippen LogP contribution in [0.5, 0.6) is 11.5 Å². The van der Waals surface area contributed by atoms with Gasteiger partial charge in [0.2, 0.25) is 0 Å². The predicted octanol–water partition coefficient (Wildman–Crippen LogP) is 5.27. The summed E-state index contributed by atoms with van der Waals surface area (Å²) in [6.45, 7) is 8.03. The molecule has 1 heterocycles. The quantitative estimate of drug-likeness (QED) is 0.431. The van der Waals surface area contributed by atoms with Crippen LogP contribution in [0.25, 0.3) is 0 Å². The number of hydrogen-bond acceptors (Lipinski definition) is 5. The first-order valence-corrected chi connectivity index (χ1v) is 11.3. The summed E-state index contributed by atoms with van der Waals surface area (Å²) in [6, 6.07) is 19.8. The number of nitrogens with one attached hydrogen (secondary N) is 1. The van der Waals surface area contributed by atoms with E-state index in [1.807, 2.05) is 49.4 Å². The Morgan fingerprint density at radius 3 is 2.36 bits per heavy atom. The highest BCUT2D eigenvalue weighted by molar-refractivity contribution is 5.91. The molecule has 176 valence electrons. The number of furan rings is 1. The van der Waals surface area contributed by atoms with Crippen molar-refractivity contribution in [2.45, 2.75) is 46.4 Å². The van der Waals surface area contributed by atoms with Crippen molar-refractivity contribution >= 4 is 5.91 Å². The number of ether oxygens (including phenoxy) is 2. The van der Waals surface area contributed by atoms with Gasteiger partial charge in [-0.2, -0.15) is 0 Å². The van der Waals surface area contributed by atoms with Crippen molar-refractivity contribution in [1.29, 1.82) is 0 Å². The molecule has 1 aromatic heterocycles. The summed E-state index contributed by atoms with van der Waals surface area (Å²) in [5, 5.41) is 2.99. The van der Waals surface area contributed by atoms with Crippen LogP contribution in [0, 0.1) is 5.92 Å². The van der Waals surface area contributed by atoms with E-state index in [9.17, 15) is 4.79 Å². The number of amides is 1. The molecule has 0 aliphatic rings. The minimum Gasteiger partial charge on any atom is -0.497 e. The summed E-state index contributed by atoms with van der Waals surface area (Å²) in [5.74, 6) is 2.80. The van der Waals surface area contributed by atoms with Crippen molar-refractivity contribution in [1.82, 2.24) is 10.2 Å². The van der Waals surface area contributed by atoms with Crippen molar-refractivity contribution in [3.63, 3.8) is 0 Å². The van der Waals surface area contributed by atoms with Gasteiger partial charge in [0.1, 0.15) is 17.3 Å². The lowest BCUT2D eigenvalue weighted by molar-refractivity contribution is 0.0898. The summed E-state index contributed by atoms with van der Waals surface area (Å²) < 4.78 is 16.9. The molecule has 3 rings (SSSR count). The molecule has 2 aromatic carbocycles. The SMILES string of the molecule is COc1ccc(OC)c(CN(Cc2ccccc2)Cc2ccc(C(=O)NC(C)C(C)C)o2)c1. The first-order valence-electron chi connectivity index (χ1n) is 11.3. The van der Waals surface area contributed by atoms with E-state index in [4.69, 9.17) is 13.9 Å². The van der Waals surface area contributed by atoms with Crippen molar-refractivity contribution in [2.24, 2.45) is 5.92 Å². The normalized spacial score (nSPS) is 12.1. The first kappa shape index (κ1) is 24.4. The molecule has 1 amide bonds. The third-order valence-electron chi connectivity index (χ3n) is 5.75. The molecule has 33 heavy (non-hydrogen) atoms. The lowest BCUT2D eigenvalue weighted by Gasteiger charge is -2.23. The highest BCUT2D eigenvalue weighted by Gasteiger charge is 2.18. The molecule has 6 nitrogen and oxygen atoms in total. The number of methoxy groups -OCH3 is 2. The molecule has 0 bridgehead atoms. The first-order chi connectivity index (χ1) is 15.9. The Labute approximate surface area is 196 Å². The van der Waals surface area contributed by atoms with Gasteiger partial charge < -0.3 is 19.2 Å². The summed E-state index contributed by atoms with van der Waals surface area (Å²) >= 11 is 0. The van der Waals surface area contributed by atoms with Gasteiger partial charge in [0.25, 0.3) is 5.91 Å². The van der Waals surface area contributed by atoms with Crippen LogP contribution in [0.2, 0.25) is 0 Å². The lowest BCUT2D eigenvalue weighted by Crippen LogP contribution is -2.35. The highest BCUT2D eigenvalue weighted by atomic mass is 16.5. The van der Waals surface area contributed by atoms with Crippen LogP contribution in [-0.2, 0) is 19.6 Å². The fourth-order valence-corrected chi connectivity index (χ4v) is 3.51. The average Bonchev–Trinajstić information content (AvgIpc) is 3.28. The molecule has 0 aliphatic carbocycles. The Morgan fingerprint density at radius 1 is 0.939 bits per heavy atom. The topological polar surface area (TPSA) is 63.9 Å². The summed E-state index contributed by atoms with van der Waals surface area (Å²) in [5.41, 5.74) is 2.21. The number of rotatable bonds is 11. The maximum absolute atomic E-state index is 12.5. The predicted molar refractivity (Wildman–Crippen MR) is 129 cm³/mol. The second-order valence-electron chi connectivity index (χ2n) is 8.58. The molecular weight excluding hydrogens is 416 g/mol. The molecule has 1 atom stereocenters. The zero-order valence-corrected chi connectivity index (χ0v) is 20.1. The highest BCUT2D eigenvalue weighted by Crippen LogP contribution is 2.27. The Hall–Kier alpha value is -3.25. The van der Waals surface area contributed by atoms with E-state index in [1.165, 1.54) is 5.56 Å². The van der Waals surface area contributed by atoms with Gasteiger partial charge in [-0.25, -0.2) is 0 Å². The van der Waals surface area contributed by atoms with Crippen LogP contribution < -0.4 is 14.8 Å². The Bertz CT molecular complexity index is 1030. The van der Waals surface area contributed by atoms with Gasteiger partial charge in [0.15, 0.2) is 5.76 Å². The summed E-state index contributed by atoms with van der Waals surface area (Å²) in [7, 11) is 3.32. The van der Waals surface area contributed by atoms with Crippen molar-refractivity contribution in [2.75, 3.05) is 14.2 Å². The standard InChI is InChI=1S/C27H34N2O4/c1-19(2)20(3)28-27(30)26-14-12-24(33-26)18-29(16-21-9-7-6-8-10-21)17-22-15-23(31-4)11-13-25(22)32-5/h6-15,19-20H,16-18H2,1-5H3,(H,28,30). The monoisotopic (exact) mass is 450 g/mol. The van der Waals surface area contributed by atoms with Crippen molar-refractivity contribution in [3.05, 3.63) is 83.3 Å². The zero-order chi connectivity index (χ0) is 23.8. The molecule has 1 N–H and O–H groups in total. The number of carbonyl (C=O) groups is 1. The van der Waals surface area contributed by atoms with E-state index in [-0.39, 0.29) is 11.9 Å². The van der Waals surface area contributed by atoms with Gasteiger partial charge in [-0.15, -0.1) is 0 Å². The van der Waals surface area contributed by atoms with Crippen LogP contribution in [0.4, 0.5) is 0 Å². The van der Waals surface area contributed by atoms with E-state index < -0.39 is 0 Å². The Morgan fingerprint density at radius 2 is 1.70 bits per heavy atom. The van der Waals surface area contributed by atoms with E-state index in [1.54, 1.807) is 20.3 Å². The van der Waals surface area contributed by atoms with E-state index >= 15 is 0 Å². The van der Waals surface area contributed by atoms with E-state index in [0.717, 1.165) is 22.8 Å². The summed E-state index contributed by atoms with van der Waals surface area (Å²) in [6.07, 6.45) is 0. The number of carbonyl (C=O) groups excluding carboxylic acids is 1. The second-order valence-corrected chi connectivity index (χ2v) is 8.58. The Kier molecular flexibility index (Phi) is 8.55. The smallest absolute Gasteiger partial charge is 0.287 e. The Balaban J connectivity index is 1.80. The molecular formula is C27H34N2O4. The molecule has 1 unspecified atom stereocenters. The van der Waals surface area contributed by atoms with Gasteiger partial charge in [0.05, 0.1) is 20.8 Å². The van der Waals surface area contributed by atoms with Gasteiger partial charge in [-0.05, 0) is 48.7 Å². The van der Waals surface area contributed by atoms with Crippen molar-refractivity contribution in [3.8, 4) is 11.5 Å². The van der Waals surface area contributed by atoms with Crippen LogP contribution in [0.15, 0.2) is 65.1 Å². The van der Waals surface area contributed by atoms with E-state index in [0.29, 0.717) is 31.3 Å². The molecule has 6 heteroatoms. The largest absolute Gasteiger partial charge is 0.497 e. The maximum Gasteiger partial charge on any atom is 0.287 e. The second kappa shape index (κ2) is 11.6. The third kappa shape index (κ3) is 6.86. The number of nitrogens with zero attached hydrogens (tertiary/aromatic N) is 1. The molecule has 3 aromatic rings. The lowest BCUT2D eigenvalue weighted by atomic mass is 10.1. The van der Waals surface area contributed by atoms with Crippen LogP contribution in [0.3, 0.4) is 0 Å². The molecule has 0 saturated carbocycles. The fraction of sp³-hybridized carbons (Fsp3) is 0.370. The molecule has 0 fully saturated rings. The molecule has 0 aliphatic heterocycles. The molecule has 0 saturated heterocycles. The van der Waals surface area contributed by atoms with E-state index in [2.05, 4.69) is 36.2 Å². The average molecular weight is 451 g/mol. The summed E-state index contributed by atoms with van der Waals surface area (Å²) in [4.78, 5) is 14.8. The maximum atomic E-state index is 12.5. The minimum absolute atomic E-state index is 0.0705. The van der Waals surface area contributed by atoms with Crippen molar-refractivity contribution < 1.29 is 18.7 Å². The minimum atomic E-state index is -0.188. The zero-order valence-electron chi connectivity index (χ0n) is 20.1. The van der Waals surface area contributed by atoms with Gasteiger partial charge in [-0.3, -0.25) is 9.69 Å².